The number of likely N-dealkylation sites (tertiary alicyclic amines) is 2. The van der Waals surface area contributed by atoms with Gasteiger partial charge in [-0.3, -0.25) is 0 Å². The first-order chi connectivity index (χ1) is 8.33. The number of hydrogen-bond donors (Lipinski definition) is 1. The third-order valence-corrected chi connectivity index (χ3v) is 3.96. The minimum Gasteiger partial charge on any atom is -0.394 e. The summed E-state index contributed by atoms with van der Waals surface area (Å²) in [5.74, 6) is 0. The highest BCUT2D eigenvalue weighted by atomic mass is 16.3. The molecule has 0 radical (unpaired) electrons. The van der Waals surface area contributed by atoms with Gasteiger partial charge < -0.3 is 14.9 Å². The van der Waals surface area contributed by atoms with Crippen molar-refractivity contribution in [1.29, 1.82) is 0 Å². The van der Waals surface area contributed by atoms with Crippen molar-refractivity contribution in [1.82, 2.24) is 9.80 Å². The Bertz CT molecular complexity index is 252. The molecule has 2 rings (SSSR count). The summed E-state index contributed by atoms with van der Waals surface area (Å²) in [6.07, 6.45) is 7.85. The predicted octanol–water partition coefficient (Wildman–Crippen LogP) is 1.83. The normalized spacial score (nSPS) is 26.8. The van der Waals surface area contributed by atoms with Gasteiger partial charge >= 0.3 is 6.03 Å². The van der Waals surface area contributed by atoms with Crippen LogP contribution in [-0.4, -0.2) is 53.2 Å². The van der Waals surface area contributed by atoms with Crippen LogP contribution in [0.15, 0.2) is 0 Å². The van der Waals surface area contributed by atoms with Crippen molar-refractivity contribution >= 4 is 6.03 Å². The van der Waals surface area contributed by atoms with Crippen molar-refractivity contribution in [3.8, 4) is 0 Å². The monoisotopic (exact) mass is 240 g/mol. The largest absolute Gasteiger partial charge is 0.394 e. The van der Waals surface area contributed by atoms with Gasteiger partial charge in [0.15, 0.2) is 0 Å². The van der Waals surface area contributed by atoms with Gasteiger partial charge in [-0.25, -0.2) is 4.79 Å². The number of hydrogen-bond acceptors (Lipinski definition) is 2. The van der Waals surface area contributed by atoms with Crippen molar-refractivity contribution in [3.63, 3.8) is 0 Å². The van der Waals surface area contributed by atoms with E-state index in [-0.39, 0.29) is 18.7 Å². The summed E-state index contributed by atoms with van der Waals surface area (Å²) in [5, 5.41) is 9.42. The van der Waals surface area contributed by atoms with E-state index in [4.69, 9.17) is 0 Å². The van der Waals surface area contributed by atoms with Crippen molar-refractivity contribution in [3.05, 3.63) is 0 Å². The van der Waals surface area contributed by atoms with E-state index in [1.165, 1.54) is 12.8 Å². The van der Waals surface area contributed by atoms with Crippen LogP contribution >= 0.6 is 0 Å². The van der Waals surface area contributed by atoms with Gasteiger partial charge in [-0.05, 0) is 32.1 Å². The van der Waals surface area contributed by atoms with Gasteiger partial charge in [-0.1, -0.05) is 12.8 Å². The fourth-order valence-electron chi connectivity index (χ4n) is 2.89. The van der Waals surface area contributed by atoms with Crippen LogP contribution in [0.5, 0.6) is 0 Å². The van der Waals surface area contributed by atoms with E-state index in [1.807, 2.05) is 9.80 Å². The molecule has 4 nitrogen and oxygen atoms in total. The zero-order valence-electron chi connectivity index (χ0n) is 10.6. The van der Waals surface area contributed by atoms with E-state index in [0.29, 0.717) is 0 Å². The van der Waals surface area contributed by atoms with Crippen LogP contribution in [0, 0.1) is 0 Å². The summed E-state index contributed by atoms with van der Waals surface area (Å²) in [5.41, 5.74) is 0. The van der Waals surface area contributed by atoms with Crippen molar-refractivity contribution in [2.45, 2.75) is 51.0 Å². The molecule has 2 amide bonds. The molecule has 2 aliphatic heterocycles. The van der Waals surface area contributed by atoms with Crippen molar-refractivity contribution < 1.29 is 9.90 Å². The van der Waals surface area contributed by atoms with Crippen molar-refractivity contribution in [2.24, 2.45) is 0 Å². The van der Waals surface area contributed by atoms with Gasteiger partial charge in [0.05, 0.1) is 12.6 Å². The second-order valence-corrected chi connectivity index (χ2v) is 5.21. The highest BCUT2D eigenvalue weighted by Gasteiger charge is 2.28. The Morgan fingerprint density at radius 3 is 2.35 bits per heavy atom. The van der Waals surface area contributed by atoms with E-state index >= 15 is 0 Å². The summed E-state index contributed by atoms with van der Waals surface area (Å²) in [6.45, 7) is 2.72. The number of rotatable bonds is 1. The number of aliphatic hydroxyl groups is 1. The van der Waals surface area contributed by atoms with Crippen molar-refractivity contribution in [2.75, 3.05) is 26.2 Å². The topological polar surface area (TPSA) is 43.8 Å². The average molecular weight is 240 g/mol. The van der Waals surface area contributed by atoms with Crippen LogP contribution in [0.3, 0.4) is 0 Å². The molecule has 17 heavy (non-hydrogen) atoms. The van der Waals surface area contributed by atoms with Gasteiger partial charge in [0.2, 0.25) is 0 Å². The lowest BCUT2D eigenvalue weighted by Gasteiger charge is -2.36. The smallest absolute Gasteiger partial charge is 0.320 e. The third kappa shape index (κ3) is 3.12. The summed E-state index contributed by atoms with van der Waals surface area (Å²) >= 11 is 0. The summed E-state index contributed by atoms with van der Waals surface area (Å²) < 4.78 is 0. The Labute approximate surface area is 104 Å². The standard InChI is InChI=1S/C13H24N2O2/c16-11-12-7-3-1-6-10-15(12)13(17)14-8-4-2-5-9-14/h12,16H,1-11H2. The number of urea groups is 1. The summed E-state index contributed by atoms with van der Waals surface area (Å²) in [7, 11) is 0. The van der Waals surface area contributed by atoms with E-state index in [1.54, 1.807) is 0 Å². The minimum absolute atomic E-state index is 0.0481. The lowest BCUT2D eigenvalue weighted by molar-refractivity contribution is 0.101. The highest BCUT2D eigenvalue weighted by Crippen LogP contribution is 2.20. The van der Waals surface area contributed by atoms with E-state index < -0.39 is 0 Å². The van der Waals surface area contributed by atoms with Crippen LogP contribution in [0.1, 0.15) is 44.9 Å². The molecule has 1 unspecified atom stereocenters. The number of aliphatic hydroxyl groups excluding tert-OH is 1. The second-order valence-electron chi connectivity index (χ2n) is 5.21. The third-order valence-electron chi connectivity index (χ3n) is 3.96. The molecule has 1 atom stereocenters. The molecule has 98 valence electrons. The van der Waals surface area contributed by atoms with Crippen LogP contribution in [-0.2, 0) is 0 Å². The Morgan fingerprint density at radius 1 is 1.00 bits per heavy atom. The summed E-state index contributed by atoms with van der Waals surface area (Å²) in [4.78, 5) is 16.3. The van der Waals surface area contributed by atoms with Gasteiger partial charge in [0, 0.05) is 19.6 Å². The van der Waals surface area contributed by atoms with Gasteiger partial charge in [-0.15, -0.1) is 0 Å². The number of carbonyl (C=O) groups is 1. The summed E-state index contributed by atoms with van der Waals surface area (Å²) in [6, 6.07) is 0.206. The molecule has 0 aromatic carbocycles. The Hall–Kier alpha value is -0.770. The predicted molar refractivity (Wildman–Crippen MR) is 66.9 cm³/mol. The molecule has 4 heteroatoms. The molecule has 0 spiro atoms. The first-order valence-corrected chi connectivity index (χ1v) is 6.99. The fraction of sp³-hybridized carbons (Fsp3) is 0.923. The molecular formula is C13H24N2O2. The molecule has 1 N–H and O–H groups in total. The van der Waals surface area contributed by atoms with Crippen LogP contribution in [0.4, 0.5) is 4.79 Å². The molecule has 2 aliphatic rings. The number of piperidine rings is 1. The second kappa shape index (κ2) is 6.24. The molecule has 2 saturated heterocycles. The van der Waals surface area contributed by atoms with E-state index in [2.05, 4.69) is 0 Å². The number of amides is 2. The minimum atomic E-state index is 0.0481. The van der Waals surface area contributed by atoms with E-state index in [9.17, 15) is 9.90 Å². The maximum absolute atomic E-state index is 12.4. The highest BCUT2D eigenvalue weighted by molar-refractivity contribution is 5.75. The van der Waals surface area contributed by atoms with Gasteiger partial charge in [-0.2, -0.15) is 0 Å². The Morgan fingerprint density at radius 2 is 1.65 bits per heavy atom. The van der Waals surface area contributed by atoms with Crippen LogP contribution < -0.4 is 0 Å². The Kier molecular flexibility index (Phi) is 4.66. The average Bonchev–Trinajstić information content (AvgIpc) is 2.64. The molecule has 2 heterocycles. The Balaban J connectivity index is 1.98. The maximum Gasteiger partial charge on any atom is 0.320 e. The van der Waals surface area contributed by atoms with Gasteiger partial charge in [0.1, 0.15) is 0 Å². The molecule has 2 fully saturated rings. The van der Waals surface area contributed by atoms with E-state index in [0.717, 1.165) is 51.7 Å². The lowest BCUT2D eigenvalue weighted by atomic mass is 10.1. The zero-order valence-corrected chi connectivity index (χ0v) is 10.6. The first-order valence-electron chi connectivity index (χ1n) is 6.99. The fourth-order valence-corrected chi connectivity index (χ4v) is 2.89. The lowest BCUT2D eigenvalue weighted by Crippen LogP contribution is -2.50. The maximum atomic E-state index is 12.4. The van der Waals surface area contributed by atoms with Gasteiger partial charge in [0.25, 0.3) is 0 Å². The number of nitrogens with zero attached hydrogens (tertiary/aromatic N) is 2. The molecule has 0 saturated carbocycles. The number of carbonyl (C=O) groups excluding carboxylic acids is 1. The molecule has 0 aromatic rings. The molecule has 0 bridgehead atoms. The zero-order chi connectivity index (χ0) is 12.1. The first kappa shape index (κ1) is 12.7. The molecular weight excluding hydrogens is 216 g/mol. The quantitative estimate of drug-likeness (QED) is 0.760. The molecule has 0 aliphatic carbocycles. The van der Waals surface area contributed by atoms with Crippen LogP contribution in [0.25, 0.3) is 0 Å². The SMILES string of the molecule is O=C(N1CCCCC1)N1CCCCCC1CO. The molecule has 0 aromatic heterocycles. The van der Waals surface area contributed by atoms with Crippen LogP contribution in [0.2, 0.25) is 0 Å².